The summed E-state index contributed by atoms with van der Waals surface area (Å²) in [5.74, 6) is -1.39. The maximum Gasteiger partial charge on any atom is 0.132 e. The highest BCUT2D eigenvalue weighted by Crippen LogP contribution is 2.32. The largest absolute Gasteiger partial charge is 0.383 e. The zero-order chi connectivity index (χ0) is 11.7. The zero-order valence-corrected chi connectivity index (χ0v) is 10.4. The van der Waals surface area contributed by atoms with Gasteiger partial charge in [0.1, 0.15) is 17.7 Å². The van der Waals surface area contributed by atoms with Crippen LogP contribution in [0.1, 0.15) is 16.5 Å². The molecule has 0 saturated heterocycles. The highest BCUT2D eigenvalue weighted by Gasteiger charge is 2.17. The molecule has 0 saturated carbocycles. The Balaban J connectivity index is 2.37. The summed E-state index contributed by atoms with van der Waals surface area (Å²) in [4.78, 5) is 0.609. The van der Waals surface area contributed by atoms with E-state index in [9.17, 15) is 13.9 Å². The lowest BCUT2D eigenvalue weighted by molar-refractivity contribution is 0.218. The van der Waals surface area contributed by atoms with Crippen LogP contribution in [0.5, 0.6) is 0 Å². The Labute approximate surface area is 103 Å². The summed E-state index contributed by atoms with van der Waals surface area (Å²) < 4.78 is 26.9. The van der Waals surface area contributed by atoms with Gasteiger partial charge in [-0.05, 0) is 34.1 Å². The molecular formula is C11H7BrF2OS. The standard InChI is InChI=1S/C11H7BrF2OS/c12-10-4-3-9(16-10)11(15)7-2-1-6(13)5-8(7)14/h1-5,11,15H. The molecule has 1 aromatic heterocycles. The van der Waals surface area contributed by atoms with E-state index in [0.29, 0.717) is 4.88 Å². The maximum atomic E-state index is 13.4. The molecule has 1 unspecified atom stereocenters. The number of halogens is 3. The van der Waals surface area contributed by atoms with Crippen LogP contribution in [-0.2, 0) is 0 Å². The lowest BCUT2D eigenvalue weighted by Crippen LogP contribution is -2.00. The van der Waals surface area contributed by atoms with Crippen LogP contribution < -0.4 is 0 Å². The third-order valence-corrected chi connectivity index (χ3v) is 3.80. The molecule has 0 bridgehead atoms. The molecule has 2 aromatic rings. The van der Waals surface area contributed by atoms with Crippen LogP contribution in [0.4, 0.5) is 8.78 Å². The van der Waals surface area contributed by atoms with Gasteiger partial charge >= 0.3 is 0 Å². The van der Waals surface area contributed by atoms with Crippen molar-refractivity contribution in [3.05, 3.63) is 56.2 Å². The fraction of sp³-hybridized carbons (Fsp3) is 0.0909. The Bertz CT molecular complexity index is 512. The zero-order valence-electron chi connectivity index (χ0n) is 7.95. The summed E-state index contributed by atoms with van der Waals surface area (Å²) in [5.41, 5.74) is 0.0794. The second kappa shape index (κ2) is 4.61. The average Bonchev–Trinajstić information content (AvgIpc) is 2.64. The molecule has 0 aliphatic carbocycles. The molecule has 1 heterocycles. The number of hydrogen-bond donors (Lipinski definition) is 1. The normalized spacial score (nSPS) is 12.8. The van der Waals surface area contributed by atoms with E-state index in [1.54, 1.807) is 12.1 Å². The van der Waals surface area contributed by atoms with E-state index in [2.05, 4.69) is 15.9 Å². The van der Waals surface area contributed by atoms with Crippen molar-refractivity contribution in [1.29, 1.82) is 0 Å². The highest BCUT2D eigenvalue weighted by molar-refractivity contribution is 9.11. The summed E-state index contributed by atoms with van der Waals surface area (Å²) in [6.07, 6.45) is -1.06. The van der Waals surface area contributed by atoms with Crippen LogP contribution in [0, 0.1) is 11.6 Å². The molecule has 0 spiro atoms. The Morgan fingerprint density at radius 1 is 1.19 bits per heavy atom. The number of benzene rings is 1. The van der Waals surface area contributed by atoms with Crippen molar-refractivity contribution in [3.8, 4) is 0 Å². The number of aliphatic hydroxyl groups excluding tert-OH is 1. The predicted molar refractivity (Wildman–Crippen MR) is 62.4 cm³/mol. The second-order valence-corrected chi connectivity index (χ2v) is 5.70. The van der Waals surface area contributed by atoms with Crippen molar-refractivity contribution in [2.75, 3.05) is 0 Å². The third kappa shape index (κ3) is 2.31. The smallest absolute Gasteiger partial charge is 0.132 e. The minimum atomic E-state index is -1.06. The molecule has 0 radical (unpaired) electrons. The molecule has 0 aliphatic heterocycles. The summed E-state index contributed by atoms with van der Waals surface area (Å²) in [7, 11) is 0. The van der Waals surface area contributed by atoms with E-state index in [1.807, 2.05) is 0 Å². The molecule has 1 nitrogen and oxygen atoms in total. The van der Waals surface area contributed by atoms with Crippen molar-refractivity contribution in [1.82, 2.24) is 0 Å². The van der Waals surface area contributed by atoms with Gasteiger partial charge < -0.3 is 5.11 Å². The Kier molecular flexibility index (Phi) is 3.37. The molecule has 0 aliphatic rings. The SMILES string of the molecule is OC(c1ccc(Br)s1)c1ccc(F)cc1F. The van der Waals surface area contributed by atoms with Gasteiger partial charge in [0.25, 0.3) is 0 Å². The maximum absolute atomic E-state index is 13.4. The monoisotopic (exact) mass is 304 g/mol. The summed E-state index contributed by atoms with van der Waals surface area (Å²) in [5, 5.41) is 9.90. The number of rotatable bonds is 2. The first-order chi connectivity index (χ1) is 7.58. The van der Waals surface area contributed by atoms with Gasteiger partial charge in [-0.25, -0.2) is 8.78 Å². The van der Waals surface area contributed by atoms with Crippen molar-refractivity contribution < 1.29 is 13.9 Å². The number of thiophene rings is 1. The van der Waals surface area contributed by atoms with E-state index in [1.165, 1.54) is 17.4 Å². The van der Waals surface area contributed by atoms with Crippen molar-refractivity contribution in [3.63, 3.8) is 0 Å². The Morgan fingerprint density at radius 3 is 2.50 bits per heavy atom. The van der Waals surface area contributed by atoms with Gasteiger partial charge in [0, 0.05) is 16.5 Å². The average molecular weight is 305 g/mol. The third-order valence-electron chi connectivity index (χ3n) is 2.12. The van der Waals surface area contributed by atoms with Crippen LogP contribution in [0.25, 0.3) is 0 Å². The minimum Gasteiger partial charge on any atom is -0.383 e. The summed E-state index contributed by atoms with van der Waals surface area (Å²) >= 11 is 4.57. The van der Waals surface area contributed by atoms with Gasteiger partial charge in [0.2, 0.25) is 0 Å². The molecular weight excluding hydrogens is 298 g/mol. The first kappa shape index (κ1) is 11.7. The lowest BCUT2D eigenvalue weighted by Gasteiger charge is -2.09. The van der Waals surface area contributed by atoms with Crippen LogP contribution in [0.2, 0.25) is 0 Å². The van der Waals surface area contributed by atoms with Gasteiger partial charge in [0.05, 0.1) is 3.79 Å². The molecule has 1 aromatic carbocycles. The predicted octanol–water partition coefficient (Wildman–Crippen LogP) is 3.87. The topological polar surface area (TPSA) is 20.2 Å². The van der Waals surface area contributed by atoms with Crippen LogP contribution in [0.3, 0.4) is 0 Å². The first-order valence-corrected chi connectivity index (χ1v) is 6.07. The van der Waals surface area contributed by atoms with Gasteiger partial charge in [-0.2, -0.15) is 0 Å². The van der Waals surface area contributed by atoms with Gasteiger partial charge in [0.15, 0.2) is 0 Å². The van der Waals surface area contributed by atoms with Crippen molar-refractivity contribution in [2.45, 2.75) is 6.10 Å². The fourth-order valence-electron chi connectivity index (χ4n) is 1.35. The highest BCUT2D eigenvalue weighted by atomic mass is 79.9. The van der Waals surface area contributed by atoms with Gasteiger partial charge in [-0.1, -0.05) is 6.07 Å². The molecule has 84 valence electrons. The molecule has 0 fully saturated rings. The van der Waals surface area contributed by atoms with E-state index in [-0.39, 0.29) is 5.56 Å². The van der Waals surface area contributed by atoms with E-state index in [0.717, 1.165) is 15.9 Å². The number of aliphatic hydroxyl groups is 1. The molecule has 2 rings (SSSR count). The molecule has 5 heteroatoms. The first-order valence-electron chi connectivity index (χ1n) is 4.46. The Hall–Kier alpha value is -0.780. The molecule has 0 amide bonds. The van der Waals surface area contributed by atoms with Gasteiger partial charge in [-0.15, -0.1) is 11.3 Å². The van der Waals surface area contributed by atoms with Gasteiger partial charge in [-0.3, -0.25) is 0 Å². The van der Waals surface area contributed by atoms with Crippen molar-refractivity contribution in [2.24, 2.45) is 0 Å². The molecule has 1 N–H and O–H groups in total. The summed E-state index contributed by atoms with van der Waals surface area (Å²) in [6.45, 7) is 0. The van der Waals surface area contributed by atoms with E-state index < -0.39 is 17.7 Å². The second-order valence-electron chi connectivity index (χ2n) is 3.21. The lowest BCUT2D eigenvalue weighted by atomic mass is 10.1. The quantitative estimate of drug-likeness (QED) is 0.893. The van der Waals surface area contributed by atoms with Crippen LogP contribution in [0.15, 0.2) is 34.1 Å². The molecule has 16 heavy (non-hydrogen) atoms. The fourth-order valence-corrected chi connectivity index (χ4v) is 2.78. The minimum absolute atomic E-state index is 0.0794. The number of hydrogen-bond acceptors (Lipinski definition) is 2. The molecule has 1 atom stereocenters. The van der Waals surface area contributed by atoms with Crippen LogP contribution in [-0.4, -0.2) is 5.11 Å². The van der Waals surface area contributed by atoms with E-state index >= 15 is 0 Å². The van der Waals surface area contributed by atoms with Crippen molar-refractivity contribution >= 4 is 27.3 Å². The van der Waals surface area contributed by atoms with Crippen LogP contribution >= 0.6 is 27.3 Å². The Morgan fingerprint density at radius 2 is 1.94 bits per heavy atom. The van der Waals surface area contributed by atoms with E-state index in [4.69, 9.17) is 0 Å². The summed E-state index contributed by atoms with van der Waals surface area (Å²) in [6, 6.07) is 6.61.